The second-order valence-corrected chi connectivity index (χ2v) is 9.12. The number of amides is 1. The lowest BCUT2D eigenvalue weighted by atomic mass is 10.0. The first-order valence-corrected chi connectivity index (χ1v) is 11.9. The lowest BCUT2D eigenvalue weighted by Crippen LogP contribution is -2.23. The summed E-state index contributed by atoms with van der Waals surface area (Å²) in [6.45, 7) is 5.80. The Balaban J connectivity index is 1.44. The highest BCUT2D eigenvalue weighted by molar-refractivity contribution is 7.14. The highest BCUT2D eigenvalue weighted by atomic mass is 35.5. The van der Waals surface area contributed by atoms with Crippen molar-refractivity contribution in [3.8, 4) is 5.75 Å². The molecular weight excluding hydrogens is 468 g/mol. The second-order valence-electron chi connectivity index (χ2n) is 7.84. The molecule has 0 radical (unpaired) electrons. The fourth-order valence-electron chi connectivity index (χ4n) is 3.48. The van der Waals surface area contributed by atoms with Gasteiger partial charge in [-0.1, -0.05) is 23.7 Å². The van der Waals surface area contributed by atoms with Crippen LogP contribution in [-0.2, 0) is 11.4 Å². The van der Waals surface area contributed by atoms with Gasteiger partial charge < -0.3 is 4.74 Å². The van der Waals surface area contributed by atoms with E-state index >= 15 is 0 Å². The van der Waals surface area contributed by atoms with Crippen molar-refractivity contribution < 1.29 is 14.3 Å². The van der Waals surface area contributed by atoms with Crippen LogP contribution >= 0.6 is 22.9 Å². The lowest BCUT2D eigenvalue weighted by Gasteiger charge is -2.21. The van der Waals surface area contributed by atoms with Crippen molar-refractivity contribution in [2.45, 2.75) is 27.4 Å². The van der Waals surface area contributed by atoms with Crippen molar-refractivity contribution >= 4 is 45.4 Å². The topological polar surface area (TPSA) is 59.5 Å². The van der Waals surface area contributed by atoms with Crippen LogP contribution in [0, 0.1) is 13.8 Å². The maximum atomic E-state index is 12.6. The molecule has 0 aliphatic carbocycles. The summed E-state index contributed by atoms with van der Waals surface area (Å²) in [6.07, 6.45) is 0. The zero-order valence-electron chi connectivity index (χ0n) is 19.0. The largest absolute Gasteiger partial charge is 0.487 e. The first-order chi connectivity index (χ1) is 16.3. The molecule has 1 heterocycles. The van der Waals surface area contributed by atoms with Gasteiger partial charge in [-0.3, -0.25) is 14.5 Å². The zero-order valence-corrected chi connectivity index (χ0v) is 20.6. The van der Waals surface area contributed by atoms with Gasteiger partial charge in [-0.15, -0.1) is 11.3 Å². The molecule has 0 aliphatic rings. The molecule has 4 rings (SSSR count). The summed E-state index contributed by atoms with van der Waals surface area (Å²) in [5, 5.41) is 3.07. The number of carbonyl (C=O) groups is 2. The van der Waals surface area contributed by atoms with E-state index in [2.05, 4.69) is 4.98 Å². The number of halogens is 1. The summed E-state index contributed by atoms with van der Waals surface area (Å²) in [5.41, 5.74) is 4.84. The normalized spacial score (nSPS) is 10.7. The number of aromatic nitrogens is 1. The van der Waals surface area contributed by atoms with Gasteiger partial charge in [0.05, 0.1) is 11.4 Å². The van der Waals surface area contributed by atoms with Crippen LogP contribution < -0.4 is 9.64 Å². The van der Waals surface area contributed by atoms with E-state index in [0.717, 1.165) is 22.5 Å². The van der Waals surface area contributed by atoms with Crippen molar-refractivity contribution in [1.29, 1.82) is 0 Å². The molecule has 4 aromatic rings. The molecule has 3 aromatic carbocycles. The minimum atomic E-state index is -0.100. The number of rotatable bonds is 7. The number of nitrogens with zero attached hydrogens (tertiary/aromatic N) is 2. The fraction of sp³-hybridized carbons (Fsp3) is 0.148. The van der Waals surface area contributed by atoms with Gasteiger partial charge in [0.25, 0.3) is 0 Å². The van der Waals surface area contributed by atoms with Gasteiger partial charge in [-0.05, 0) is 79.6 Å². The summed E-state index contributed by atoms with van der Waals surface area (Å²) in [5.74, 6) is 0.444. The molecule has 0 spiro atoms. The summed E-state index contributed by atoms with van der Waals surface area (Å²) < 4.78 is 5.86. The van der Waals surface area contributed by atoms with Crippen LogP contribution in [0.15, 0.2) is 72.1 Å². The van der Waals surface area contributed by atoms with Gasteiger partial charge in [0, 0.05) is 28.5 Å². The number of benzene rings is 3. The lowest BCUT2D eigenvalue weighted by molar-refractivity contribution is -0.115. The van der Waals surface area contributed by atoms with E-state index in [0.29, 0.717) is 27.0 Å². The molecule has 7 heteroatoms. The predicted molar refractivity (Wildman–Crippen MR) is 137 cm³/mol. The van der Waals surface area contributed by atoms with Crippen molar-refractivity contribution in [1.82, 2.24) is 4.98 Å². The number of carbonyl (C=O) groups excluding carboxylic acids is 2. The standard InChI is InChI=1S/C27H23ClN2O3S/c1-17-5-4-6-25(18(17)2)30(19(3)31)27-29-23(16-34-27)15-33-24-13-9-21(10-14-24)26(32)20-7-11-22(28)12-8-20/h4-14,16H,15H2,1-3H3. The van der Waals surface area contributed by atoms with Crippen LogP contribution in [-0.4, -0.2) is 16.7 Å². The monoisotopic (exact) mass is 490 g/mol. The van der Waals surface area contributed by atoms with Gasteiger partial charge in [-0.2, -0.15) is 0 Å². The molecule has 1 amide bonds. The Kier molecular flexibility index (Phi) is 7.10. The van der Waals surface area contributed by atoms with E-state index in [4.69, 9.17) is 16.3 Å². The van der Waals surface area contributed by atoms with E-state index in [1.54, 1.807) is 53.4 Å². The fourth-order valence-corrected chi connectivity index (χ4v) is 4.47. The Labute approximate surface area is 207 Å². The van der Waals surface area contributed by atoms with Gasteiger partial charge >= 0.3 is 0 Å². The molecule has 0 N–H and O–H groups in total. The number of ketones is 1. The summed E-state index contributed by atoms with van der Waals surface area (Å²) in [7, 11) is 0. The third kappa shape index (κ3) is 5.19. The summed E-state index contributed by atoms with van der Waals surface area (Å²) in [6, 6.07) is 19.7. The number of ether oxygens (including phenoxy) is 1. The van der Waals surface area contributed by atoms with Crippen molar-refractivity contribution in [2.24, 2.45) is 0 Å². The highest BCUT2D eigenvalue weighted by Crippen LogP contribution is 2.32. The molecule has 0 bridgehead atoms. The summed E-state index contributed by atoms with van der Waals surface area (Å²) in [4.78, 5) is 31.3. The average molecular weight is 491 g/mol. The minimum Gasteiger partial charge on any atom is -0.487 e. The second kappa shape index (κ2) is 10.2. The number of hydrogen-bond acceptors (Lipinski definition) is 5. The third-order valence-electron chi connectivity index (χ3n) is 5.47. The average Bonchev–Trinajstić information content (AvgIpc) is 3.29. The Morgan fingerprint density at radius 1 is 0.971 bits per heavy atom. The summed E-state index contributed by atoms with van der Waals surface area (Å²) >= 11 is 7.29. The number of aryl methyl sites for hydroxylation is 1. The van der Waals surface area contributed by atoms with Crippen LogP contribution in [0.4, 0.5) is 10.8 Å². The Morgan fingerprint density at radius 3 is 2.26 bits per heavy atom. The van der Waals surface area contributed by atoms with Crippen molar-refractivity contribution in [2.75, 3.05) is 4.90 Å². The molecule has 0 unspecified atom stereocenters. The molecule has 0 saturated heterocycles. The molecule has 0 saturated carbocycles. The highest BCUT2D eigenvalue weighted by Gasteiger charge is 2.20. The Morgan fingerprint density at radius 2 is 1.62 bits per heavy atom. The van der Waals surface area contributed by atoms with E-state index in [-0.39, 0.29) is 18.3 Å². The first kappa shape index (κ1) is 23.7. The van der Waals surface area contributed by atoms with Gasteiger partial charge in [0.1, 0.15) is 12.4 Å². The molecule has 34 heavy (non-hydrogen) atoms. The SMILES string of the molecule is CC(=O)N(c1nc(COc2ccc(C(=O)c3ccc(Cl)cc3)cc2)cs1)c1cccc(C)c1C. The number of hydrogen-bond donors (Lipinski definition) is 0. The predicted octanol–water partition coefficient (Wildman–Crippen LogP) is 6.91. The van der Waals surface area contributed by atoms with Crippen LogP contribution in [0.25, 0.3) is 0 Å². The smallest absolute Gasteiger partial charge is 0.230 e. The number of anilines is 2. The molecule has 1 aromatic heterocycles. The molecule has 0 atom stereocenters. The van der Waals surface area contributed by atoms with Gasteiger partial charge in [0.2, 0.25) is 5.91 Å². The van der Waals surface area contributed by atoms with Crippen LogP contribution in [0.2, 0.25) is 5.02 Å². The molecule has 172 valence electrons. The van der Waals surface area contributed by atoms with Crippen molar-refractivity contribution in [3.63, 3.8) is 0 Å². The quantitative estimate of drug-likeness (QED) is 0.264. The van der Waals surface area contributed by atoms with E-state index in [1.807, 2.05) is 37.4 Å². The number of thiazole rings is 1. The van der Waals surface area contributed by atoms with E-state index in [9.17, 15) is 9.59 Å². The van der Waals surface area contributed by atoms with Gasteiger partial charge in [-0.25, -0.2) is 4.98 Å². The first-order valence-electron chi connectivity index (χ1n) is 10.7. The zero-order chi connectivity index (χ0) is 24.2. The maximum absolute atomic E-state index is 12.6. The minimum absolute atomic E-state index is 0.0804. The maximum Gasteiger partial charge on any atom is 0.230 e. The van der Waals surface area contributed by atoms with Crippen molar-refractivity contribution in [3.05, 3.63) is 105 Å². The Hall–Kier alpha value is -3.48. The molecular formula is C27H23ClN2O3S. The van der Waals surface area contributed by atoms with Crippen LogP contribution in [0.1, 0.15) is 39.7 Å². The van der Waals surface area contributed by atoms with E-state index < -0.39 is 0 Å². The third-order valence-corrected chi connectivity index (χ3v) is 6.60. The molecule has 0 aliphatic heterocycles. The Bertz CT molecular complexity index is 1330. The van der Waals surface area contributed by atoms with Crippen LogP contribution in [0.5, 0.6) is 5.75 Å². The molecule has 5 nitrogen and oxygen atoms in total. The van der Waals surface area contributed by atoms with Gasteiger partial charge in [0.15, 0.2) is 10.9 Å². The van der Waals surface area contributed by atoms with E-state index in [1.165, 1.54) is 18.3 Å². The van der Waals surface area contributed by atoms with Crippen LogP contribution in [0.3, 0.4) is 0 Å². The molecule has 0 fully saturated rings.